The molecule has 12 heteroatoms. The summed E-state index contributed by atoms with van der Waals surface area (Å²) in [5.41, 5.74) is -0.620. The molecule has 0 aliphatic heterocycles. The first-order valence-electron chi connectivity index (χ1n) is 9.14. The van der Waals surface area contributed by atoms with E-state index in [9.17, 15) is 26.4 Å². The Morgan fingerprint density at radius 1 is 1.16 bits per heavy atom. The van der Waals surface area contributed by atoms with Gasteiger partial charge in [0.15, 0.2) is 0 Å². The van der Waals surface area contributed by atoms with Gasteiger partial charge < -0.3 is 5.32 Å². The Balaban J connectivity index is 1.85. The van der Waals surface area contributed by atoms with Crippen LogP contribution in [0.15, 0.2) is 59.5 Å². The lowest BCUT2D eigenvalue weighted by Crippen LogP contribution is -2.35. The molecule has 0 spiro atoms. The second kappa shape index (κ2) is 8.93. The molecule has 0 bridgehead atoms. The number of nitrogens with one attached hydrogen (secondary N) is 1. The minimum absolute atomic E-state index is 0.0135. The van der Waals surface area contributed by atoms with Gasteiger partial charge in [0.25, 0.3) is 0 Å². The topological polar surface area (TPSA) is 84.3 Å². The third-order valence-corrected chi connectivity index (χ3v) is 6.56. The van der Waals surface area contributed by atoms with E-state index in [2.05, 4.69) is 10.4 Å². The first kappa shape index (κ1) is 23.8. The lowest BCUT2D eigenvalue weighted by Gasteiger charge is -2.17. The van der Waals surface area contributed by atoms with E-state index in [0.29, 0.717) is 5.69 Å². The van der Waals surface area contributed by atoms with Crippen molar-refractivity contribution in [2.75, 3.05) is 18.9 Å². The lowest BCUT2D eigenvalue weighted by molar-refractivity contribution is -0.137. The maximum atomic E-state index is 13.1. The average molecular weight is 487 g/mol. The Kier molecular flexibility index (Phi) is 6.63. The van der Waals surface area contributed by atoms with E-state index in [0.717, 1.165) is 27.2 Å². The summed E-state index contributed by atoms with van der Waals surface area (Å²) in [6.07, 6.45) is -4.60. The molecule has 1 aromatic heterocycles. The van der Waals surface area contributed by atoms with E-state index in [4.69, 9.17) is 11.6 Å². The molecule has 1 heterocycles. The maximum absolute atomic E-state index is 13.1. The number of halogens is 4. The van der Waals surface area contributed by atoms with Crippen molar-refractivity contribution in [2.24, 2.45) is 0 Å². The molecule has 3 aromatic rings. The Morgan fingerprint density at radius 3 is 2.44 bits per heavy atom. The summed E-state index contributed by atoms with van der Waals surface area (Å²) in [5, 5.41) is 6.58. The molecule has 0 saturated carbocycles. The highest BCUT2D eigenvalue weighted by molar-refractivity contribution is 7.89. The predicted octanol–water partition coefficient (Wildman–Crippen LogP) is 4.11. The third kappa shape index (κ3) is 5.12. The maximum Gasteiger partial charge on any atom is 0.416 e. The van der Waals surface area contributed by atoms with Gasteiger partial charge >= 0.3 is 6.18 Å². The predicted molar refractivity (Wildman–Crippen MR) is 113 cm³/mol. The fraction of sp³-hybridized carbons (Fsp3) is 0.200. The summed E-state index contributed by atoms with van der Waals surface area (Å²) in [4.78, 5) is 12.6. The monoisotopic (exact) mass is 486 g/mol. The van der Waals surface area contributed by atoms with Gasteiger partial charge in [-0.15, -0.1) is 0 Å². The number of carbonyl (C=O) groups is 1. The Hall–Kier alpha value is -2.89. The smallest absolute Gasteiger partial charge is 0.309 e. The van der Waals surface area contributed by atoms with Crippen LogP contribution in [-0.4, -0.2) is 42.0 Å². The number of alkyl halides is 3. The van der Waals surface area contributed by atoms with E-state index in [1.165, 1.54) is 25.2 Å². The van der Waals surface area contributed by atoms with Crippen LogP contribution in [0.5, 0.6) is 0 Å². The van der Waals surface area contributed by atoms with Gasteiger partial charge in [-0.2, -0.15) is 22.6 Å². The highest BCUT2D eigenvalue weighted by Crippen LogP contribution is 2.34. The van der Waals surface area contributed by atoms with Gasteiger partial charge in [0, 0.05) is 13.1 Å². The summed E-state index contributed by atoms with van der Waals surface area (Å²) >= 11 is 6.08. The third-order valence-electron chi connectivity index (χ3n) is 4.42. The van der Waals surface area contributed by atoms with Crippen LogP contribution in [0.1, 0.15) is 11.3 Å². The minimum atomic E-state index is -4.60. The molecule has 0 atom stereocenters. The van der Waals surface area contributed by atoms with Gasteiger partial charge in [0.05, 0.1) is 33.4 Å². The molecule has 1 amide bonds. The van der Waals surface area contributed by atoms with Crippen LogP contribution in [0.2, 0.25) is 5.02 Å². The molecule has 3 rings (SSSR count). The first-order valence-corrected chi connectivity index (χ1v) is 11.0. The Bertz CT molecular complexity index is 1240. The molecule has 0 unspecified atom stereocenters. The van der Waals surface area contributed by atoms with Gasteiger partial charge in [-0.3, -0.25) is 4.79 Å². The highest BCUT2D eigenvalue weighted by atomic mass is 35.5. The fourth-order valence-corrected chi connectivity index (χ4v) is 4.21. The molecular formula is C20H18ClF3N4O3S. The van der Waals surface area contributed by atoms with Crippen molar-refractivity contribution in [3.63, 3.8) is 0 Å². The van der Waals surface area contributed by atoms with Crippen molar-refractivity contribution < 1.29 is 26.4 Å². The molecule has 32 heavy (non-hydrogen) atoms. The standard InChI is InChI=1S/C20H18ClF3N4O3S/c1-13-10-18(28(26-13)17-11-14(20(22,23)24)8-9-16(17)21)25-19(29)12-27(2)32(30,31)15-6-4-3-5-7-15/h3-11H,12H2,1-2H3,(H,25,29). The highest BCUT2D eigenvalue weighted by Gasteiger charge is 2.31. The van der Waals surface area contributed by atoms with Gasteiger partial charge in [0.1, 0.15) is 5.82 Å². The van der Waals surface area contributed by atoms with Crippen LogP contribution >= 0.6 is 11.6 Å². The molecule has 7 nitrogen and oxygen atoms in total. The average Bonchev–Trinajstić information content (AvgIpc) is 3.07. The van der Waals surface area contributed by atoms with E-state index in [-0.39, 0.29) is 21.4 Å². The number of aryl methyl sites for hydroxylation is 1. The zero-order valence-corrected chi connectivity index (χ0v) is 18.5. The Morgan fingerprint density at radius 2 is 1.81 bits per heavy atom. The van der Waals surface area contributed by atoms with Crippen molar-refractivity contribution in [3.8, 4) is 5.69 Å². The fourth-order valence-electron chi connectivity index (χ4n) is 2.87. The van der Waals surface area contributed by atoms with Crippen LogP contribution in [0.3, 0.4) is 0 Å². The van der Waals surface area contributed by atoms with Crippen LogP contribution in [0.4, 0.5) is 19.0 Å². The summed E-state index contributed by atoms with van der Waals surface area (Å²) < 4.78 is 66.5. The summed E-state index contributed by atoms with van der Waals surface area (Å²) in [6, 6.07) is 11.7. The molecule has 2 aromatic carbocycles. The van der Waals surface area contributed by atoms with Crippen molar-refractivity contribution in [2.45, 2.75) is 18.0 Å². The molecule has 0 aliphatic rings. The van der Waals surface area contributed by atoms with Crippen LogP contribution in [0, 0.1) is 6.92 Å². The summed E-state index contributed by atoms with van der Waals surface area (Å²) in [7, 11) is -2.66. The molecule has 0 fully saturated rings. The summed E-state index contributed by atoms with van der Waals surface area (Å²) in [6.45, 7) is 1.05. The van der Waals surface area contributed by atoms with Gasteiger partial charge in [0.2, 0.25) is 15.9 Å². The van der Waals surface area contributed by atoms with Gasteiger partial charge in [-0.25, -0.2) is 13.1 Å². The molecule has 0 saturated heterocycles. The van der Waals surface area contributed by atoms with Crippen molar-refractivity contribution in [3.05, 3.63) is 70.9 Å². The normalized spacial score (nSPS) is 12.2. The summed E-state index contributed by atoms with van der Waals surface area (Å²) in [5.74, 6) is -0.671. The SMILES string of the molecule is Cc1cc(NC(=O)CN(C)S(=O)(=O)c2ccccc2)n(-c2cc(C(F)(F)F)ccc2Cl)n1. The number of benzene rings is 2. The van der Waals surface area contributed by atoms with E-state index in [1.54, 1.807) is 25.1 Å². The lowest BCUT2D eigenvalue weighted by atomic mass is 10.2. The first-order chi connectivity index (χ1) is 14.9. The van der Waals surface area contributed by atoms with Crippen molar-refractivity contribution in [1.82, 2.24) is 14.1 Å². The number of rotatable bonds is 6. The van der Waals surface area contributed by atoms with Crippen LogP contribution in [0.25, 0.3) is 5.69 Å². The molecule has 0 aliphatic carbocycles. The number of sulfonamides is 1. The minimum Gasteiger partial charge on any atom is -0.309 e. The van der Waals surface area contributed by atoms with Gasteiger partial charge in [-0.1, -0.05) is 29.8 Å². The molecule has 170 valence electrons. The van der Waals surface area contributed by atoms with Crippen LogP contribution < -0.4 is 5.32 Å². The number of amides is 1. The quantitative estimate of drug-likeness (QED) is 0.568. The molecular weight excluding hydrogens is 469 g/mol. The number of likely N-dealkylation sites (N-methyl/N-ethyl adjacent to an activating group) is 1. The molecule has 1 N–H and O–H groups in total. The van der Waals surface area contributed by atoms with Crippen molar-refractivity contribution >= 4 is 33.3 Å². The number of aromatic nitrogens is 2. The van der Waals surface area contributed by atoms with E-state index in [1.807, 2.05) is 0 Å². The second-order valence-electron chi connectivity index (χ2n) is 6.87. The zero-order chi connectivity index (χ0) is 23.7. The van der Waals surface area contributed by atoms with Crippen LogP contribution in [-0.2, 0) is 21.0 Å². The second-order valence-corrected chi connectivity index (χ2v) is 9.32. The molecule has 0 radical (unpaired) electrons. The number of hydrogen-bond acceptors (Lipinski definition) is 4. The number of carbonyl (C=O) groups excluding carboxylic acids is 1. The number of anilines is 1. The number of nitrogens with zero attached hydrogens (tertiary/aromatic N) is 3. The van der Waals surface area contributed by atoms with Crippen molar-refractivity contribution in [1.29, 1.82) is 0 Å². The number of hydrogen-bond donors (Lipinski definition) is 1. The van der Waals surface area contributed by atoms with Gasteiger partial charge in [-0.05, 0) is 37.3 Å². The largest absolute Gasteiger partial charge is 0.416 e. The van der Waals surface area contributed by atoms with E-state index < -0.39 is 34.2 Å². The van der Waals surface area contributed by atoms with E-state index >= 15 is 0 Å². The Labute approximate surface area is 187 Å². The zero-order valence-electron chi connectivity index (χ0n) is 16.9.